The zero-order valence-electron chi connectivity index (χ0n) is 14.1. The maximum absolute atomic E-state index is 12.9. The third-order valence-corrected chi connectivity index (χ3v) is 5.09. The standard InChI is InChI=1S/C17H16ClFN2O5S/c1-11(21-27(24,25)15-8-4-13(19)5-9-15)17(23)26-10-16(22)20-14-6-2-12(18)3-7-14/h2-9,11,21H,10H2,1H3,(H,20,22)/t11-/m0/s1. The number of rotatable bonds is 7. The lowest BCUT2D eigenvalue weighted by Crippen LogP contribution is -2.40. The van der Waals surface area contributed by atoms with E-state index in [-0.39, 0.29) is 4.90 Å². The Morgan fingerprint density at radius 1 is 1.11 bits per heavy atom. The fraction of sp³-hybridized carbons (Fsp3) is 0.176. The highest BCUT2D eigenvalue weighted by Gasteiger charge is 2.23. The zero-order valence-corrected chi connectivity index (χ0v) is 15.7. The van der Waals surface area contributed by atoms with Crippen LogP contribution in [0.15, 0.2) is 53.4 Å². The topological polar surface area (TPSA) is 102 Å². The predicted molar refractivity (Wildman–Crippen MR) is 97.2 cm³/mol. The highest BCUT2D eigenvalue weighted by Crippen LogP contribution is 2.13. The Kier molecular flexibility index (Phi) is 6.89. The zero-order chi connectivity index (χ0) is 20.0. The highest BCUT2D eigenvalue weighted by atomic mass is 35.5. The number of nitrogens with one attached hydrogen (secondary N) is 2. The Balaban J connectivity index is 1.86. The average Bonchev–Trinajstić information content (AvgIpc) is 2.61. The van der Waals surface area contributed by atoms with Crippen molar-refractivity contribution in [1.82, 2.24) is 4.72 Å². The normalized spacial score (nSPS) is 12.3. The van der Waals surface area contributed by atoms with Crippen LogP contribution < -0.4 is 10.0 Å². The van der Waals surface area contributed by atoms with Crippen LogP contribution in [0.2, 0.25) is 5.02 Å². The second-order valence-electron chi connectivity index (χ2n) is 5.46. The Morgan fingerprint density at radius 2 is 1.70 bits per heavy atom. The molecule has 144 valence electrons. The smallest absolute Gasteiger partial charge is 0.324 e. The molecule has 0 spiro atoms. The molecule has 10 heteroatoms. The van der Waals surface area contributed by atoms with Crippen LogP contribution in [0.1, 0.15) is 6.92 Å². The van der Waals surface area contributed by atoms with Crippen LogP contribution in [0, 0.1) is 5.82 Å². The SMILES string of the molecule is C[C@H](NS(=O)(=O)c1ccc(F)cc1)C(=O)OCC(=O)Nc1ccc(Cl)cc1. The van der Waals surface area contributed by atoms with Gasteiger partial charge in [-0.05, 0) is 55.5 Å². The monoisotopic (exact) mass is 414 g/mol. The number of sulfonamides is 1. The van der Waals surface area contributed by atoms with E-state index < -0.39 is 40.4 Å². The summed E-state index contributed by atoms with van der Waals surface area (Å²) in [6, 6.07) is 9.15. The van der Waals surface area contributed by atoms with Gasteiger partial charge in [-0.15, -0.1) is 0 Å². The van der Waals surface area contributed by atoms with Crippen molar-refractivity contribution in [3.63, 3.8) is 0 Å². The molecule has 0 saturated carbocycles. The van der Waals surface area contributed by atoms with E-state index in [1.54, 1.807) is 24.3 Å². The Hall–Kier alpha value is -2.49. The van der Waals surface area contributed by atoms with Crippen LogP contribution >= 0.6 is 11.6 Å². The third kappa shape index (κ3) is 6.31. The first-order chi connectivity index (χ1) is 12.7. The molecule has 0 aliphatic rings. The van der Waals surface area contributed by atoms with Gasteiger partial charge in [0.1, 0.15) is 11.9 Å². The first-order valence-electron chi connectivity index (χ1n) is 7.67. The largest absolute Gasteiger partial charge is 0.454 e. The Labute approximate surface area is 160 Å². The predicted octanol–water partition coefficient (Wildman–Crippen LogP) is 2.33. The van der Waals surface area contributed by atoms with Crippen LogP contribution in [-0.4, -0.2) is 32.9 Å². The van der Waals surface area contributed by atoms with Crippen molar-refractivity contribution in [3.05, 3.63) is 59.4 Å². The van der Waals surface area contributed by atoms with Crippen LogP contribution in [0.4, 0.5) is 10.1 Å². The van der Waals surface area contributed by atoms with Gasteiger partial charge in [-0.25, -0.2) is 12.8 Å². The van der Waals surface area contributed by atoms with Crippen LogP contribution in [0.25, 0.3) is 0 Å². The number of hydrogen-bond acceptors (Lipinski definition) is 5. The number of esters is 1. The molecule has 0 bridgehead atoms. The lowest BCUT2D eigenvalue weighted by atomic mass is 10.3. The summed E-state index contributed by atoms with van der Waals surface area (Å²) >= 11 is 5.73. The first-order valence-corrected chi connectivity index (χ1v) is 9.53. The summed E-state index contributed by atoms with van der Waals surface area (Å²) in [5.41, 5.74) is 0.463. The van der Waals surface area contributed by atoms with E-state index in [1.807, 2.05) is 0 Å². The summed E-state index contributed by atoms with van der Waals surface area (Å²) < 4.78 is 44.1. The van der Waals surface area contributed by atoms with E-state index in [9.17, 15) is 22.4 Å². The van der Waals surface area contributed by atoms with Gasteiger partial charge in [-0.1, -0.05) is 11.6 Å². The molecule has 0 aliphatic heterocycles. The summed E-state index contributed by atoms with van der Waals surface area (Å²) in [5, 5.41) is 3.00. The lowest BCUT2D eigenvalue weighted by Gasteiger charge is -2.14. The van der Waals surface area contributed by atoms with E-state index in [0.29, 0.717) is 10.7 Å². The molecule has 2 N–H and O–H groups in total. The second kappa shape index (κ2) is 8.94. The number of anilines is 1. The van der Waals surface area contributed by atoms with Crippen molar-refractivity contribution in [2.45, 2.75) is 17.9 Å². The molecule has 0 radical (unpaired) electrons. The molecule has 0 aliphatic carbocycles. The van der Waals surface area contributed by atoms with E-state index >= 15 is 0 Å². The maximum atomic E-state index is 12.9. The van der Waals surface area contributed by atoms with E-state index in [4.69, 9.17) is 16.3 Å². The van der Waals surface area contributed by atoms with Crippen LogP contribution in [-0.2, 0) is 24.3 Å². The second-order valence-corrected chi connectivity index (χ2v) is 7.61. The lowest BCUT2D eigenvalue weighted by molar-refractivity contribution is -0.148. The van der Waals surface area contributed by atoms with Gasteiger partial charge in [0.15, 0.2) is 6.61 Å². The third-order valence-electron chi connectivity index (χ3n) is 3.28. The molecule has 7 nitrogen and oxygen atoms in total. The highest BCUT2D eigenvalue weighted by molar-refractivity contribution is 7.89. The van der Waals surface area contributed by atoms with E-state index in [1.165, 1.54) is 6.92 Å². The van der Waals surface area contributed by atoms with Crippen molar-refractivity contribution in [3.8, 4) is 0 Å². The van der Waals surface area contributed by atoms with Crippen LogP contribution in [0.5, 0.6) is 0 Å². The number of benzene rings is 2. The number of halogens is 2. The van der Waals surface area contributed by atoms with Crippen molar-refractivity contribution < 1.29 is 27.1 Å². The molecular formula is C17H16ClFN2O5S. The average molecular weight is 415 g/mol. The molecule has 27 heavy (non-hydrogen) atoms. The van der Waals surface area contributed by atoms with E-state index in [2.05, 4.69) is 10.0 Å². The van der Waals surface area contributed by atoms with Gasteiger partial charge in [0, 0.05) is 10.7 Å². The molecule has 1 atom stereocenters. The minimum Gasteiger partial charge on any atom is -0.454 e. The molecule has 2 aromatic rings. The Morgan fingerprint density at radius 3 is 2.30 bits per heavy atom. The molecule has 0 heterocycles. The first kappa shape index (κ1) is 20.8. The summed E-state index contributed by atoms with van der Waals surface area (Å²) in [4.78, 5) is 23.5. The van der Waals surface area contributed by atoms with Gasteiger partial charge in [-0.2, -0.15) is 4.72 Å². The van der Waals surface area contributed by atoms with Gasteiger partial charge >= 0.3 is 5.97 Å². The molecule has 2 rings (SSSR count). The van der Waals surface area contributed by atoms with Gasteiger partial charge in [-0.3, -0.25) is 9.59 Å². The van der Waals surface area contributed by atoms with Crippen molar-refractivity contribution in [2.75, 3.05) is 11.9 Å². The molecule has 1 amide bonds. The molecule has 0 unspecified atom stereocenters. The van der Waals surface area contributed by atoms with Crippen molar-refractivity contribution >= 4 is 39.2 Å². The quantitative estimate of drug-likeness (QED) is 0.677. The van der Waals surface area contributed by atoms with Crippen molar-refractivity contribution in [2.24, 2.45) is 0 Å². The Bertz CT molecular complexity index is 917. The number of ether oxygens (including phenoxy) is 1. The minimum absolute atomic E-state index is 0.205. The molecule has 2 aromatic carbocycles. The molecular weight excluding hydrogens is 399 g/mol. The van der Waals surface area contributed by atoms with Gasteiger partial charge in [0.05, 0.1) is 4.90 Å². The minimum atomic E-state index is -4.04. The van der Waals surface area contributed by atoms with Gasteiger partial charge in [0.2, 0.25) is 10.0 Å². The molecule has 0 saturated heterocycles. The summed E-state index contributed by atoms with van der Waals surface area (Å²) in [7, 11) is -4.04. The number of carbonyl (C=O) groups is 2. The summed E-state index contributed by atoms with van der Waals surface area (Å²) in [6.07, 6.45) is 0. The summed E-state index contributed by atoms with van der Waals surface area (Å²) in [6.45, 7) is 0.671. The fourth-order valence-corrected chi connectivity index (χ4v) is 3.27. The fourth-order valence-electron chi connectivity index (χ4n) is 1.95. The number of carbonyl (C=O) groups excluding carboxylic acids is 2. The van der Waals surface area contributed by atoms with Crippen molar-refractivity contribution in [1.29, 1.82) is 0 Å². The van der Waals surface area contributed by atoms with Gasteiger partial charge in [0.25, 0.3) is 5.91 Å². The molecule has 0 fully saturated rings. The summed E-state index contributed by atoms with van der Waals surface area (Å²) in [5.74, 6) is -2.13. The molecule has 0 aromatic heterocycles. The number of hydrogen-bond donors (Lipinski definition) is 2. The van der Waals surface area contributed by atoms with E-state index in [0.717, 1.165) is 24.3 Å². The van der Waals surface area contributed by atoms with Gasteiger partial charge < -0.3 is 10.1 Å². The number of amides is 1. The van der Waals surface area contributed by atoms with Crippen LogP contribution in [0.3, 0.4) is 0 Å². The maximum Gasteiger partial charge on any atom is 0.324 e.